The summed E-state index contributed by atoms with van der Waals surface area (Å²) in [6.45, 7) is 0. The van der Waals surface area contributed by atoms with Crippen molar-refractivity contribution in [3.63, 3.8) is 0 Å². The Hall–Kier alpha value is -2.74. The standard InChI is InChI=1S/C15H14N6OS/c16-10-9-11(7-3-5-18-6-4-7)20-15(19-8-1-2-8)21-14(9)23-12(10)13(17)22/h3-6,8H,1-2,16H2,(H2,17,22)(H,19,20,21). The fourth-order valence-corrected chi connectivity index (χ4v) is 3.35. The summed E-state index contributed by atoms with van der Waals surface area (Å²) in [5, 5.41) is 3.95. The maximum Gasteiger partial charge on any atom is 0.260 e. The molecule has 1 fully saturated rings. The normalized spacial score (nSPS) is 14.1. The minimum absolute atomic E-state index is 0.313. The number of carbonyl (C=O) groups excluding carboxylic acids is 1. The molecule has 5 N–H and O–H groups in total. The van der Waals surface area contributed by atoms with E-state index in [0.717, 1.165) is 18.4 Å². The molecule has 0 aromatic carbocycles. The van der Waals surface area contributed by atoms with E-state index in [1.807, 2.05) is 12.1 Å². The van der Waals surface area contributed by atoms with Gasteiger partial charge in [-0.15, -0.1) is 11.3 Å². The van der Waals surface area contributed by atoms with Gasteiger partial charge in [0.25, 0.3) is 5.91 Å². The summed E-state index contributed by atoms with van der Waals surface area (Å²) in [6, 6.07) is 4.12. The summed E-state index contributed by atoms with van der Waals surface area (Å²) in [6.07, 6.45) is 5.61. The molecule has 23 heavy (non-hydrogen) atoms. The predicted molar refractivity (Wildman–Crippen MR) is 90.2 cm³/mol. The van der Waals surface area contributed by atoms with Gasteiger partial charge in [-0.3, -0.25) is 9.78 Å². The quantitative estimate of drug-likeness (QED) is 0.674. The minimum atomic E-state index is -0.553. The maximum atomic E-state index is 11.6. The van der Waals surface area contributed by atoms with Crippen LogP contribution in [-0.4, -0.2) is 26.9 Å². The van der Waals surface area contributed by atoms with Crippen LogP contribution < -0.4 is 16.8 Å². The van der Waals surface area contributed by atoms with Crippen LogP contribution in [0.2, 0.25) is 0 Å². The first kappa shape index (κ1) is 13.9. The Morgan fingerprint density at radius 1 is 1.26 bits per heavy atom. The lowest BCUT2D eigenvalue weighted by atomic mass is 10.1. The number of primary amides is 1. The van der Waals surface area contributed by atoms with Gasteiger partial charge in [0.15, 0.2) is 0 Å². The van der Waals surface area contributed by atoms with Crippen molar-refractivity contribution in [3.8, 4) is 11.3 Å². The zero-order valence-corrected chi connectivity index (χ0v) is 12.9. The van der Waals surface area contributed by atoms with Crippen molar-refractivity contribution >= 4 is 39.1 Å². The van der Waals surface area contributed by atoms with E-state index >= 15 is 0 Å². The zero-order valence-electron chi connectivity index (χ0n) is 12.1. The molecule has 0 bridgehead atoms. The van der Waals surface area contributed by atoms with Crippen LogP contribution in [0, 0.1) is 0 Å². The second-order valence-electron chi connectivity index (χ2n) is 5.44. The number of hydrogen-bond acceptors (Lipinski definition) is 7. The monoisotopic (exact) mass is 326 g/mol. The molecule has 0 radical (unpaired) electrons. The Kier molecular flexibility index (Phi) is 3.12. The van der Waals surface area contributed by atoms with Crippen molar-refractivity contribution in [1.29, 1.82) is 0 Å². The van der Waals surface area contributed by atoms with Crippen molar-refractivity contribution in [2.24, 2.45) is 5.73 Å². The van der Waals surface area contributed by atoms with Gasteiger partial charge in [0.1, 0.15) is 9.71 Å². The number of anilines is 2. The molecule has 7 nitrogen and oxygen atoms in total. The number of aromatic nitrogens is 3. The Morgan fingerprint density at radius 2 is 2.00 bits per heavy atom. The van der Waals surface area contributed by atoms with Gasteiger partial charge in [-0.25, -0.2) is 9.97 Å². The lowest BCUT2D eigenvalue weighted by Gasteiger charge is -2.08. The van der Waals surface area contributed by atoms with Crippen LogP contribution in [-0.2, 0) is 0 Å². The molecule has 8 heteroatoms. The van der Waals surface area contributed by atoms with Gasteiger partial charge in [-0.2, -0.15) is 0 Å². The molecule has 0 aliphatic heterocycles. The third kappa shape index (κ3) is 2.46. The molecule has 0 atom stereocenters. The lowest BCUT2D eigenvalue weighted by Crippen LogP contribution is -2.10. The van der Waals surface area contributed by atoms with E-state index < -0.39 is 5.91 Å². The highest BCUT2D eigenvalue weighted by Gasteiger charge is 2.25. The topological polar surface area (TPSA) is 120 Å². The first-order valence-corrected chi connectivity index (χ1v) is 8.02. The van der Waals surface area contributed by atoms with Gasteiger partial charge >= 0.3 is 0 Å². The molecule has 0 saturated heterocycles. The van der Waals surface area contributed by atoms with Crippen molar-refractivity contribution < 1.29 is 4.79 Å². The summed E-state index contributed by atoms with van der Waals surface area (Å²) in [4.78, 5) is 25.7. The summed E-state index contributed by atoms with van der Waals surface area (Å²) in [7, 11) is 0. The smallest absolute Gasteiger partial charge is 0.260 e. The first-order valence-electron chi connectivity index (χ1n) is 7.20. The average Bonchev–Trinajstić information content (AvgIpc) is 3.29. The van der Waals surface area contributed by atoms with E-state index in [4.69, 9.17) is 11.5 Å². The second-order valence-corrected chi connectivity index (χ2v) is 6.44. The zero-order chi connectivity index (χ0) is 16.0. The molecular weight excluding hydrogens is 312 g/mol. The van der Waals surface area contributed by atoms with Crippen LogP contribution in [0.25, 0.3) is 21.5 Å². The van der Waals surface area contributed by atoms with E-state index in [2.05, 4.69) is 20.3 Å². The number of thiophene rings is 1. The summed E-state index contributed by atoms with van der Waals surface area (Å²) >= 11 is 1.20. The summed E-state index contributed by atoms with van der Waals surface area (Å²) in [5.41, 5.74) is 13.4. The Balaban J connectivity index is 1.97. The van der Waals surface area contributed by atoms with Crippen molar-refractivity contribution in [2.45, 2.75) is 18.9 Å². The number of nitrogens with one attached hydrogen (secondary N) is 1. The number of carbonyl (C=O) groups is 1. The molecule has 1 aliphatic carbocycles. The molecule has 3 aromatic heterocycles. The third-order valence-electron chi connectivity index (χ3n) is 3.68. The number of nitrogen functional groups attached to an aromatic ring is 1. The Bertz CT molecular complexity index is 903. The molecule has 4 rings (SSSR count). The van der Waals surface area contributed by atoms with Gasteiger partial charge in [-0.05, 0) is 25.0 Å². The molecule has 1 aliphatic rings. The number of rotatable bonds is 4. The van der Waals surface area contributed by atoms with Crippen LogP contribution >= 0.6 is 11.3 Å². The fraction of sp³-hybridized carbons (Fsp3) is 0.200. The van der Waals surface area contributed by atoms with E-state index in [9.17, 15) is 4.79 Å². The molecule has 1 saturated carbocycles. The number of nitrogens with zero attached hydrogens (tertiary/aromatic N) is 3. The van der Waals surface area contributed by atoms with Gasteiger partial charge in [0.2, 0.25) is 5.95 Å². The molecule has 3 aromatic rings. The lowest BCUT2D eigenvalue weighted by molar-refractivity contribution is 0.100. The number of fused-ring (bicyclic) bond motifs is 1. The molecule has 1 amide bonds. The minimum Gasteiger partial charge on any atom is -0.397 e. The van der Waals surface area contributed by atoms with Crippen LogP contribution in [0.15, 0.2) is 24.5 Å². The van der Waals surface area contributed by atoms with Crippen LogP contribution in [0.5, 0.6) is 0 Å². The number of amides is 1. The fourth-order valence-electron chi connectivity index (χ4n) is 2.40. The Morgan fingerprint density at radius 3 is 2.65 bits per heavy atom. The summed E-state index contributed by atoms with van der Waals surface area (Å²) < 4.78 is 0. The van der Waals surface area contributed by atoms with Crippen LogP contribution in [0.3, 0.4) is 0 Å². The molecule has 3 heterocycles. The largest absolute Gasteiger partial charge is 0.397 e. The first-order chi connectivity index (χ1) is 11.1. The average molecular weight is 326 g/mol. The van der Waals surface area contributed by atoms with Gasteiger partial charge in [0, 0.05) is 24.0 Å². The van der Waals surface area contributed by atoms with Gasteiger partial charge in [0.05, 0.1) is 16.8 Å². The summed E-state index contributed by atoms with van der Waals surface area (Å²) in [5.74, 6) is -0.00744. The number of nitrogens with two attached hydrogens (primary N) is 2. The SMILES string of the molecule is NC(=O)c1sc2nc(NC3CC3)nc(-c3ccncc3)c2c1N. The van der Waals surface area contributed by atoms with Crippen LogP contribution in [0.4, 0.5) is 11.6 Å². The highest BCUT2D eigenvalue weighted by molar-refractivity contribution is 7.21. The van der Waals surface area contributed by atoms with Crippen molar-refractivity contribution in [3.05, 3.63) is 29.4 Å². The van der Waals surface area contributed by atoms with E-state index in [-0.39, 0.29) is 0 Å². The number of pyridine rings is 1. The third-order valence-corrected chi connectivity index (χ3v) is 4.79. The highest BCUT2D eigenvalue weighted by Crippen LogP contribution is 2.39. The number of hydrogen-bond donors (Lipinski definition) is 3. The molecule has 0 spiro atoms. The van der Waals surface area contributed by atoms with Crippen molar-refractivity contribution in [2.75, 3.05) is 11.1 Å². The van der Waals surface area contributed by atoms with Gasteiger partial charge in [-0.1, -0.05) is 0 Å². The van der Waals surface area contributed by atoms with Crippen molar-refractivity contribution in [1.82, 2.24) is 15.0 Å². The maximum absolute atomic E-state index is 11.6. The van der Waals surface area contributed by atoms with Gasteiger partial charge < -0.3 is 16.8 Å². The van der Waals surface area contributed by atoms with E-state index in [1.165, 1.54) is 11.3 Å². The predicted octanol–water partition coefficient (Wildman–Crippen LogP) is 2.01. The van der Waals surface area contributed by atoms with E-state index in [1.54, 1.807) is 12.4 Å². The Labute approximate surface area is 135 Å². The molecule has 0 unspecified atom stereocenters. The highest BCUT2D eigenvalue weighted by atomic mass is 32.1. The molecule has 116 valence electrons. The molecular formula is C15H14N6OS. The van der Waals surface area contributed by atoms with Crippen LogP contribution in [0.1, 0.15) is 22.5 Å². The second kappa shape index (κ2) is 5.17. The van der Waals surface area contributed by atoms with E-state index in [0.29, 0.717) is 38.5 Å².